The lowest BCUT2D eigenvalue weighted by Crippen LogP contribution is -2.19. The molecule has 0 atom stereocenters. The molecule has 0 spiro atoms. The number of rotatable bonds is 4. The molecule has 0 N–H and O–H groups in total. The van der Waals surface area contributed by atoms with Crippen molar-refractivity contribution in [3.8, 4) is 5.88 Å². The third-order valence-corrected chi connectivity index (χ3v) is 2.45. The fourth-order valence-corrected chi connectivity index (χ4v) is 1.69. The zero-order valence-corrected chi connectivity index (χ0v) is 10.1. The average molecular weight is 334 g/mol. The normalized spacial score (nSPS) is 11.7. The van der Waals surface area contributed by atoms with Crippen LogP contribution >= 0.6 is 15.9 Å². The Morgan fingerprint density at radius 1 is 1.44 bits per heavy atom. The van der Waals surface area contributed by atoms with Gasteiger partial charge in [-0.2, -0.15) is 0 Å². The molecule has 18 heavy (non-hydrogen) atoms. The minimum Gasteiger partial charge on any atom is -0.388 e. The molecular weight excluding hydrogens is 329 g/mol. The average Bonchev–Trinajstić information content (AvgIpc) is 2.24. The number of nitrogens with zero attached hydrogens (tertiary/aromatic N) is 1. The summed E-state index contributed by atoms with van der Waals surface area (Å²) in [5, 5.41) is -0.162. The highest BCUT2D eigenvalue weighted by molar-refractivity contribution is 9.08. The van der Waals surface area contributed by atoms with E-state index in [2.05, 4.69) is 25.7 Å². The van der Waals surface area contributed by atoms with E-state index < -0.39 is 29.9 Å². The van der Waals surface area contributed by atoms with Gasteiger partial charge in [0.1, 0.15) is 5.69 Å². The standard InChI is InChI=1S/C9H5BrF5NO2/c10-2-4-1-6(18-9(13,14)15)16-5(3-17)7(4)8(11)12/h1,3,8H,2H2. The summed E-state index contributed by atoms with van der Waals surface area (Å²) in [6.45, 7) is 0. The molecule has 0 aliphatic carbocycles. The molecule has 0 bridgehead atoms. The van der Waals surface area contributed by atoms with E-state index in [-0.39, 0.29) is 17.2 Å². The van der Waals surface area contributed by atoms with Gasteiger partial charge in [-0.15, -0.1) is 13.2 Å². The summed E-state index contributed by atoms with van der Waals surface area (Å²) >= 11 is 2.84. The first kappa shape index (κ1) is 14.8. The minimum absolute atomic E-state index is 0.0448. The maximum atomic E-state index is 12.6. The maximum absolute atomic E-state index is 12.6. The van der Waals surface area contributed by atoms with Gasteiger partial charge in [-0.25, -0.2) is 13.8 Å². The molecule has 9 heteroatoms. The molecule has 0 aliphatic rings. The summed E-state index contributed by atoms with van der Waals surface area (Å²) in [4.78, 5) is 13.7. The monoisotopic (exact) mass is 333 g/mol. The smallest absolute Gasteiger partial charge is 0.388 e. The Hall–Kier alpha value is -1.25. The van der Waals surface area contributed by atoms with Gasteiger partial charge in [0.25, 0.3) is 6.43 Å². The predicted octanol–water partition coefficient (Wildman–Crippen LogP) is 3.63. The number of ether oxygens (including phenoxy) is 1. The van der Waals surface area contributed by atoms with Crippen LogP contribution in [0.4, 0.5) is 22.0 Å². The summed E-state index contributed by atoms with van der Waals surface area (Å²) in [5.74, 6) is -0.955. The molecular formula is C9H5BrF5NO2. The van der Waals surface area contributed by atoms with Crippen molar-refractivity contribution in [2.24, 2.45) is 0 Å². The molecule has 1 aromatic rings. The summed E-state index contributed by atoms with van der Waals surface area (Å²) in [6.07, 6.45) is -8.08. The van der Waals surface area contributed by atoms with E-state index in [4.69, 9.17) is 0 Å². The van der Waals surface area contributed by atoms with Gasteiger partial charge in [-0.1, -0.05) is 15.9 Å². The van der Waals surface area contributed by atoms with Crippen molar-refractivity contribution in [1.29, 1.82) is 0 Å². The fourth-order valence-electron chi connectivity index (χ4n) is 1.23. The molecule has 0 radical (unpaired) electrons. The van der Waals surface area contributed by atoms with Crippen molar-refractivity contribution in [2.45, 2.75) is 18.1 Å². The lowest BCUT2D eigenvalue weighted by molar-refractivity contribution is -0.276. The third-order valence-electron chi connectivity index (χ3n) is 1.84. The van der Waals surface area contributed by atoms with E-state index in [0.717, 1.165) is 0 Å². The minimum atomic E-state index is -5.01. The number of hydrogen-bond donors (Lipinski definition) is 0. The van der Waals surface area contributed by atoms with Gasteiger partial charge in [0.2, 0.25) is 5.88 Å². The van der Waals surface area contributed by atoms with Gasteiger partial charge in [-0.3, -0.25) is 4.79 Å². The number of carbonyl (C=O) groups excluding carboxylic acids is 1. The number of halogens is 6. The molecule has 1 heterocycles. The zero-order chi connectivity index (χ0) is 13.9. The van der Waals surface area contributed by atoms with Crippen molar-refractivity contribution in [3.05, 3.63) is 22.9 Å². The van der Waals surface area contributed by atoms with Crippen LogP contribution in [-0.2, 0) is 5.33 Å². The molecule has 100 valence electrons. The Morgan fingerprint density at radius 2 is 2.06 bits per heavy atom. The highest BCUT2D eigenvalue weighted by atomic mass is 79.9. The van der Waals surface area contributed by atoms with Crippen LogP contribution in [0.25, 0.3) is 0 Å². The Kier molecular flexibility index (Phi) is 4.60. The van der Waals surface area contributed by atoms with Crippen LogP contribution in [-0.4, -0.2) is 17.6 Å². The van der Waals surface area contributed by atoms with Crippen molar-refractivity contribution >= 4 is 22.2 Å². The van der Waals surface area contributed by atoms with Crippen LogP contribution in [0.15, 0.2) is 6.07 Å². The molecule has 3 nitrogen and oxygen atoms in total. The summed E-state index contributed by atoms with van der Waals surface area (Å²) in [7, 11) is 0. The van der Waals surface area contributed by atoms with E-state index in [0.29, 0.717) is 6.07 Å². The van der Waals surface area contributed by atoms with E-state index in [1.54, 1.807) is 0 Å². The summed E-state index contributed by atoms with van der Waals surface area (Å²) in [5.41, 5.74) is -1.68. The quantitative estimate of drug-likeness (QED) is 0.480. The first-order valence-electron chi connectivity index (χ1n) is 4.37. The first-order valence-corrected chi connectivity index (χ1v) is 5.49. The van der Waals surface area contributed by atoms with Gasteiger partial charge >= 0.3 is 6.36 Å². The van der Waals surface area contributed by atoms with Gasteiger partial charge < -0.3 is 4.74 Å². The van der Waals surface area contributed by atoms with E-state index in [9.17, 15) is 26.7 Å². The Morgan fingerprint density at radius 3 is 2.44 bits per heavy atom. The van der Waals surface area contributed by atoms with Crippen molar-refractivity contribution < 1.29 is 31.5 Å². The van der Waals surface area contributed by atoms with Crippen LogP contribution in [0.3, 0.4) is 0 Å². The number of carbonyl (C=O) groups is 1. The van der Waals surface area contributed by atoms with Crippen LogP contribution in [0.1, 0.15) is 28.0 Å². The Bertz CT molecular complexity index is 449. The number of aromatic nitrogens is 1. The Balaban J connectivity index is 3.30. The maximum Gasteiger partial charge on any atom is 0.574 e. The van der Waals surface area contributed by atoms with E-state index in [1.165, 1.54) is 0 Å². The molecule has 1 aromatic heterocycles. The lowest BCUT2D eigenvalue weighted by Gasteiger charge is -2.13. The van der Waals surface area contributed by atoms with Gasteiger partial charge in [-0.05, 0) is 5.56 Å². The van der Waals surface area contributed by atoms with Crippen molar-refractivity contribution in [2.75, 3.05) is 0 Å². The molecule has 0 aromatic carbocycles. The van der Waals surface area contributed by atoms with E-state index in [1.807, 2.05) is 0 Å². The molecule has 0 fully saturated rings. The van der Waals surface area contributed by atoms with Crippen LogP contribution < -0.4 is 4.74 Å². The third kappa shape index (κ3) is 3.62. The summed E-state index contributed by atoms with van der Waals surface area (Å²) in [6, 6.07) is 0.705. The second-order valence-corrected chi connectivity index (χ2v) is 3.58. The molecule has 0 aliphatic heterocycles. The molecule has 1 rings (SSSR count). The summed E-state index contributed by atoms with van der Waals surface area (Å²) < 4.78 is 64.7. The number of aldehydes is 1. The molecule has 0 amide bonds. The number of pyridine rings is 1. The number of hydrogen-bond acceptors (Lipinski definition) is 3. The van der Waals surface area contributed by atoms with Crippen molar-refractivity contribution in [1.82, 2.24) is 4.98 Å². The van der Waals surface area contributed by atoms with Gasteiger partial charge in [0.15, 0.2) is 6.29 Å². The second-order valence-electron chi connectivity index (χ2n) is 3.02. The molecule has 0 saturated carbocycles. The highest BCUT2D eigenvalue weighted by Gasteiger charge is 2.33. The molecule has 0 unspecified atom stereocenters. The largest absolute Gasteiger partial charge is 0.574 e. The van der Waals surface area contributed by atoms with Crippen LogP contribution in [0.2, 0.25) is 0 Å². The molecule has 0 saturated heterocycles. The topological polar surface area (TPSA) is 39.2 Å². The van der Waals surface area contributed by atoms with Crippen molar-refractivity contribution in [3.63, 3.8) is 0 Å². The lowest BCUT2D eigenvalue weighted by atomic mass is 10.1. The SMILES string of the molecule is O=Cc1nc(OC(F)(F)F)cc(CBr)c1C(F)F. The fraction of sp³-hybridized carbons (Fsp3) is 0.333. The predicted molar refractivity (Wildman–Crippen MR) is 53.9 cm³/mol. The Labute approximate surface area is 106 Å². The van der Waals surface area contributed by atoms with Crippen LogP contribution in [0, 0.1) is 0 Å². The van der Waals surface area contributed by atoms with Gasteiger partial charge in [0, 0.05) is 11.4 Å². The van der Waals surface area contributed by atoms with Crippen LogP contribution in [0.5, 0.6) is 5.88 Å². The first-order chi connectivity index (χ1) is 8.28. The van der Waals surface area contributed by atoms with E-state index >= 15 is 0 Å². The van der Waals surface area contributed by atoms with Gasteiger partial charge in [0.05, 0.1) is 5.56 Å². The highest BCUT2D eigenvalue weighted by Crippen LogP contribution is 2.31. The number of alkyl halides is 6. The second kappa shape index (κ2) is 5.59. The zero-order valence-electron chi connectivity index (χ0n) is 8.47.